The third-order valence-electron chi connectivity index (χ3n) is 1.35. The summed E-state index contributed by atoms with van der Waals surface area (Å²) in [7, 11) is 0. The van der Waals surface area contributed by atoms with Gasteiger partial charge in [0.15, 0.2) is 0 Å². The van der Waals surface area contributed by atoms with Crippen LogP contribution in [0.3, 0.4) is 0 Å². The Balaban J connectivity index is 2.63. The van der Waals surface area contributed by atoms with E-state index in [0.29, 0.717) is 0 Å². The maximum Gasteiger partial charge on any atom is 0.119 e. The molecule has 0 spiro atoms. The highest BCUT2D eigenvalue weighted by Crippen LogP contribution is 2.19. The minimum Gasteiger partial charge on any atom is -0.395 e. The highest BCUT2D eigenvalue weighted by Gasteiger charge is 2.03. The second-order valence-electron chi connectivity index (χ2n) is 2.68. The first-order valence-corrected chi connectivity index (χ1v) is 4.67. The lowest BCUT2D eigenvalue weighted by atomic mass is 10.4. The Hall–Kier alpha value is -0.610. The molecule has 0 bridgehead atoms. The lowest BCUT2D eigenvalue weighted by Gasteiger charge is -2.05. The smallest absolute Gasteiger partial charge is 0.119 e. The first-order chi connectivity index (χ1) is 5.72. The lowest BCUT2D eigenvalue weighted by molar-refractivity contribution is 0.300. The van der Waals surface area contributed by atoms with Crippen LogP contribution < -0.4 is 0 Å². The molecule has 0 saturated carbocycles. The van der Waals surface area contributed by atoms with E-state index in [1.165, 1.54) is 11.8 Å². The van der Waals surface area contributed by atoms with E-state index in [0.717, 1.165) is 10.6 Å². The zero-order valence-electron chi connectivity index (χ0n) is 7.19. The second-order valence-corrected chi connectivity index (χ2v) is 4.14. The Labute approximate surface area is 76.2 Å². The van der Waals surface area contributed by atoms with Crippen molar-refractivity contribution in [3.05, 3.63) is 17.8 Å². The third-order valence-corrected chi connectivity index (χ3v) is 2.34. The third kappa shape index (κ3) is 2.79. The molecule has 0 aliphatic rings. The molecular formula is C8H12N2OS. The van der Waals surface area contributed by atoms with E-state index in [4.69, 9.17) is 5.11 Å². The van der Waals surface area contributed by atoms with Crippen molar-refractivity contribution in [2.24, 2.45) is 0 Å². The van der Waals surface area contributed by atoms with E-state index >= 15 is 0 Å². The van der Waals surface area contributed by atoms with Crippen molar-refractivity contribution < 1.29 is 5.11 Å². The molecule has 66 valence electrons. The normalized spacial score (nSPS) is 12.9. The second kappa shape index (κ2) is 4.42. The van der Waals surface area contributed by atoms with E-state index in [-0.39, 0.29) is 11.9 Å². The predicted molar refractivity (Wildman–Crippen MR) is 49.2 cm³/mol. The summed E-state index contributed by atoms with van der Waals surface area (Å²) in [5.41, 5.74) is 1.10. The molecule has 1 heterocycles. The molecule has 0 amide bonds. The molecule has 12 heavy (non-hydrogen) atoms. The van der Waals surface area contributed by atoms with Crippen LogP contribution in [0, 0.1) is 6.92 Å². The fourth-order valence-electron chi connectivity index (χ4n) is 0.739. The topological polar surface area (TPSA) is 46.0 Å². The number of hydrogen-bond acceptors (Lipinski definition) is 4. The number of aliphatic hydroxyl groups is 1. The predicted octanol–water partition coefficient (Wildman–Crippen LogP) is 1.26. The fourth-order valence-corrected chi connectivity index (χ4v) is 1.57. The summed E-state index contributed by atoms with van der Waals surface area (Å²) in [5.74, 6) is 0. The van der Waals surface area contributed by atoms with Gasteiger partial charge in [0, 0.05) is 5.25 Å². The van der Waals surface area contributed by atoms with Gasteiger partial charge in [-0.25, -0.2) is 0 Å². The molecule has 0 aromatic carbocycles. The fraction of sp³-hybridized carbons (Fsp3) is 0.500. The summed E-state index contributed by atoms with van der Waals surface area (Å²) < 4.78 is 0. The summed E-state index contributed by atoms with van der Waals surface area (Å²) in [4.78, 5) is 0. The first kappa shape index (κ1) is 9.48. The Bertz CT molecular complexity index is 255. The number of aliphatic hydroxyl groups excluding tert-OH is 1. The van der Waals surface area contributed by atoms with Crippen molar-refractivity contribution in [1.82, 2.24) is 10.2 Å². The number of aryl methyl sites for hydroxylation is 1. The Morgan fingerprint density at radius 1 is 1.67 bits per heavy atom. The first-order valence-electron chi connectivity index (χ1n) is 3.79. The lowest BCUT2D eigenvalue weighted by Crippen LogP contribution is -2.02. The molecule has 1 unspecified atom stereocenters. The van der Waals surface area contributed by atoms with Crippen molar-refractivity contribution in [1.29, 1.82) is 0 Å². The van der Waals surface area contributed by atoms with Gasteiger partial charge in [-0.2, -0.15) is 5.10 Å². The summed E-state index contributed by atoms with van der Waals surface area (Å²) in [6.45, 7) is 4.09. The maximum absolute atomic E-state index is 8.80. The molecule has 3 nitrogen and oxygen atoms in total. The standard InChI is InChI=1S/C8H12N2OS/c1-6-3-8(10-9-4-6)12-7(2)5-11/h3-4,7,11H,5H2,1-2H3. The molecule has 4 heteroatoms. The SMILES string of the molecule is Cc1cnnc(SC(C)CO)c1. The quantitative estimate of drug-likeness (QED) is 0.718. The number of nitrogens with zero attached hydrogens (tertiary/aromatic N) is 2. The molecule has 1 aromatic rings. The summed E-state index contributed by atoms with van der Waals surface area (Å²) in [6.07, 6.45) is 1.72. The average molecular weight is 184 g/mol. The summed E-state index contributed by atoms with van der Waals surface area (Å²) >= 11 is 1.53. The van der Waals surface area contributed by atoms with Crippen LogP contribution in [0.15, 0.2) is 17.3 Å². The van der Waals surface area contributed by atoms with Crippen LogP contribution in [0.5, 0.6) is 0 Å². The van der Waals surface area contributed by atoms with E-state index in [9.17, 15) is 0 Å². The zero-order valence-corrected chi connectivity index (χ0v) is 8.01. The summed E-state index contributed by atoms with van der Waals surface area (Å²) in [5, 5.41) is 17.6. The van der Waals surface area contributed by atoms with Gasteiger partial charge in [0.25, 0.3) is 0 Å². The monoisotopic (exact) mass is 184 g/mol. The van der Waals surface area contributed by atoms with Crippen LogP contribution in [0.1, 0.15) is 12.5 Å². The van der Waals surface area contributed by atoms with Crippen LogP contribution >= 0.6 is 11.8 Å². The number of thioether (sulfide) groups is 1. The summed E-state index contributed by atoms with van der Waals surface area (Å²) in [6, 6.07) is 1.96. The van der Waals surface area contributed by atoms with Crippen molar-refractivity contribution in [2.45, 2.75) is 24.1 Å². The van der Waals surface area contributed by atoms with Crippen molar-refractivity contribution in [2.75, 3.05) is 6.61 Å². The Morgan fingerprint density at radius 2 is 2.42 bits per heavy atom. The Kier molecular flexibility index (Phi) is 3.49. The number of rotatable bonds is 3. The molecule has 1 rings (SSSR count). The van der Waals surface area contributed by atoms with Gasteiger partial charge in [0.2, 0.25) is 0 Å². The molecular weight excluding hydrogens is 172 g/mol. The maximum atomic E-state index is 8.80. The van der Waals surface area contributed by atoms with E-state index < -0.39 is 0 Å². The van der Waals surface area contributed by atoms with Gasteiger partial charge in [0.05, 0.1) is 12.8 Å². The molecule has 0 aliphatic heterocycles. The molecule has 0 fully saturated rings. The van der Waals surface area contributed by atoms with Crippen LogP contribution in [-0.2, 0) is 0 Å². The number of aromatic nitrogens is 2. The van der Waals surface area contributed by atoms with Crippen molar-refractivity contribution in [3.8, 4) is 0 Å². The minimum absolute atomic E-state index is 0.167. The van der Waals surface area contributed by atoms with Crippen LogP contribution in [0.4, 0.5) is 0 Å². The highest BCUT2D eigenvalue weighted by molar-refractivity contribution is 7.99. The van der Waals surface area contributed by atoms with Crippen molar-refractivity contribution >= 4 is 11.8 Å². The molecule has 0 saturated heterocycles. The van der Waals surface area contributed by atoms with Gasteiger partial charge in [-0.15, -0.1) is 5.10 Å². The van der Waals surface area contributed by atoms with Crippen LogP contribution in [0.2, 0.25) is 0 Å². The van der Waals surface area contributed by atoms with E-state index in [1.807, 2.05) is 19.9 Å². The largest absolute Gasteiger partial charge is 0.395 e. The Morgan fingerprint density at radius 3 is 3.00 bits per heavy atom. The van der Waals surface area contributed by atoms with Gasteiger partial charge in [0.1, 0.15) is 5.03 Å². The van der Waals surface area contributed by atoms with Gasteiger partial charge >= 0.3 is 0 Å². The van der Waals surface area contributed by atoms with Crippen molar-refractivity contribution in [3.63, 3.8) is 0 Å². The van der Waals surface area contributed by atoms with Gasteiger partial charge < -0.3 is 5.11 Å². The highest BCUT2D eigenvalue weighted by atomic mass is 32.2. The minimum atomic E-state index is 0.167. The number of hydrogen-bond donors (Lipinski definition) is 1. The zero-order chi connectivity index (χ0) is 8.97. The molecule has 1 atom stereocenters. The van der Waals surface area contributed by atoms with Gasteiger partial charge in [-0.1, -0.05) is 18.7 Å². The molecule has 1 aromatic heterocycles. The average Bonchev–Trinajstić information content (AvgIpc) is 2.04. The van der Waals surface area contributed by atoms with E-state index in [1.54, 1.807) is 6.20 Å². The molecule has 1 N–H and O–H groups in total. The molecule has 0 aliphatic carbocycles. The van der Waals surface area contributed by atoms with Crippen LogP contribution in [-0.4, -0.2) is 27.2 Å². The van der Waals surface area contributed by atoms with Gasteiger partial charge in [-0.05, 0) is 18.6 Å². The van der Waals surface area contributed by atoms with Crippen LogP contribution in [0.25, 0.3) is 0 Å². The van der Waals surface area contributed by atoms with Gasteiger partial charge in [-0.3, -0.25) is 0 Å². The molecule has 0 radical (unpaired) electrons. The van der Waals surface area contributed by atoms with E-state index in [2.05, 4.69) is 10.2 Å².